The fourth-order valence-corrected chi connectivity index (χ4v) is 2.77. The van der Waals surface area contributed by atoms with Crippen molar-refractivity contribution in [2.24, 2.45) is 0 Å². The van der Waals surface area contributed by atoms with E-state index in [-0.39, 0.29) is 5.91 Å². The van der Waals surface area contributed by atoms with Crippen molar-refractivity contribution in [2.45, 2.75) is 13.3 Å². The van der Waals surface area contributed by atoms with E-state index < -0.39 is 0 Å². The van der Waals surface area contributed by atoms with Crippen molar-refractivity contribution in [2.75, 3.05) is 12.4 Å². The second kappa shape index (κ2) is 6.16. The molecule has 1 amide bonds. The molecule has 19 heavy (non-hydrogen) atoms. The largest absolute Gasteiger partial charge is 0.496 e. The molecule has 2 aromatic rings. The summed E-state index contributed by atoms with van der Waals surface area (Å²) in [6.45, 7) is 1.81. The monoisotopic (exact) mass is 340 g/mol. The number of nitrogens with one attached hydrogen (secondary N) is 1. The van der Waals surface area contributed by atoms with Gasteiger partial charge < -0.3 is 10.1 Å². The number of halogens is 1. The maximum Gasteiger partial charge on any atom is 0.225 e. The van der Waals surface area contributed by atoms with Crippen molar-refractivity contribution < 1.29 is 9.53 Å². The van der Waals surface area contributed by atoms with Crippen LogP contribution >= 0.6 is 27.3 Å². The van der Waals surface area contributed by atoms with E-state index in [0.717, 1.165) is 21.5 Å². The standard InChI is InChI=1S/C13H13BrN2O2S/c1-3-12(17)16-13-15-10(7-19-13)8-4-5-11(18-2)9(14)6-8/h4-7H,3H2,1-2H3,(H,15,16,17). The first-order valence-electron chi connectivity index (χ1n) is 5.73. The van der Waals surface area contributed by atoms with Gasteiger partial charge in [0, 0.05) is 17.4 Å². The maximum absolute atomic E-state index is 11.3. The third-order valence-corrected chi connectivity index (χ3v) is 3.90. The highest BCUT2D eigenvalue weighted by Crippen LogP contribution is 2.31. The van der Waals surface area contributed by atoms with Gasteiger partial charge in [-0.1, -0.05) is 6.92 Å². The minimum Gasteiger partial charge on any atom is -0.496 e. The molecule has 0 atom stereocenters. The summed E-state index contributed by atoms with van der Waals surface area (Å²) in [5, 5.41) is 5.29. The van der Waals surface area contributed by atoms with Gasteiger partial charge in [-0.2, -0.15) is 0 Å². The molecule has 0 saturated carbocycles. The van der Waals surface area contributed by atoms with Gasteiger partial charge >= 0.3 is 0 Å². The maximum atomic E-state index is 11.3. The lowest BCUT2D eigenvalue weighted by Gasteiger charge is -2.04. The van der Waals surface area contributed by atoms with E-state index in [0.29, 0.717) is 11.6 Å². The first-order valence-corrected chi connectivity index (χ1v) is 7.40. The van der Waals surface area contributed by atoms with Crippen LogP contribution in [0.2, 0.25) is 0 Å². The minimum atomic E-state index is -0.0307. The summed E-state index contributed by atoms with van der Waals surface area (Å²) < 4.78 is 6.06. The van der Waals surface area contributed by atoms with Gasteiger partial charge in [0.2, 0.25) is 5.91 Å². The van der Waals surface area contributed by atoms with E-state index in [9.17, 15) is 4.79 Å². The number of carbonyl (C=O) groups excluding carboxylic acids is 1. The molecule has 0 spiro atoms. The number of anilines is 1. The van der Waals surface area contributed by atoms with E-state index in [1.165, 1.54) is 11.3 Å². The van der Waals surface area contributed by atoms with Gasteiger partial charge in [-0.15, -0.1) is 11.3 Å². The number of methoxy groups -OCH3 is 1. The SMILES string of the molecule is CCC(=O)Nc1nc(-c2ccc(OC)c(Br)c2)cs1. The van der Waals surface area contributed by atoms with Gasteiger partial charge in [-0.05, 0) is 34.1 Å². The van der Waals surface area contributed by atoms with Crippen molar-refractivity contribution in [3.8, 4) is 17.0 Å². The number of nitrogens with zero attached hydrogens (tertiary/aromatic N) is 1. The minimum absolute atomic E-state index is 0.0307. The molecule has 4 nitrogen and oxygen atoms in total. The van der Waals surface area contributed by atoms with Crippen LogP contribution in [0, 0.1) is 0 Å². The zero-order valence-electron chi connectivity index (χ0n) is 10.6. The Labute approximate surface area is 124 Å². The Bertz CT molecular complexity index is 598. The number of ether oxygens (including phenoxy) is 1. The third-order valence-electron chi connectivity index (χ3n) is 2.52. The van der Waals surface area contributed by atoms with Gasteiger partial charge in [0.15, 0.2) is 5.13 Å². The molecule has 0 saturated heterocycles. The highest BCUT2D eigenvalue weighted by molar-refractivity contribution is 9.10. The molecule has 0 bridgehead atoms. The van der Waals surface area contributed by atoms with Crippen molar-refractivity contribution in [1.29, 1.82) is 0 Å². The molecular weight excluding hydrogens is 328 g/mol. The Kier molecular flexibility index (Phi) is 4.55. The molecule has 0 aliphatic heterocycles. The summed E-state index contributed by atoms with van der Waals surface area (Å²) >= 11 is 4.86. The first-order chi connectivity index (χ1) is 9.13. The van der Waals surface area contributed by atoms with Crippen LogP contribution in [0.5, 0.6) is 5.75 Å². The molecular formula is C13H13BrN2O2S. The Hall–Kier alpha value is -1.40. The molecule has 0 aliphatic carbocycles. The van der Waals surface area contributed by atoms with Crippen molar-refractivity contribution >= 4 is 38.3 Å². The summed E-state index contributed by atoms with van der Waals surface area (Å²) in [5.41, 5.74) is 1.81. The summed E-state index contributed by atoms with van der Waals surface area (Å²) in [7, 11) is 1.63. The molecule has 6 heteroatoms. The van der Waals surface area contributed by atoms with Crippen molar-refractivity contribution in [3.05, 3.63) is 28.1 Å². The lowest BCUT2D eigenvalue weighted by atomic mass is 10.2. The van der Waals surface area contributed by atoms with Crippen LogP contribution in [0.3, 0.4) is 0 Å². The summed E-state index contributed by atoms with van der Waals surface area (Å²) in [4.78, 5) is 15.7. The first kappa shape index (κ1) is 14.0. The van der Waals surface area contributed by atoms with Crippen LogP contribution in [0.15, 0.2) is 28.1 Å². The van der Waals surface area contributed by atoms with Crippen molar-refractivity contribution in [1.82, 2.24) is 4.98 Å². The summed E-state index contributed by atoms with van der Waals surface area (Å²) in [5.74, 6) is 0.746. The van der Waals surface area contributed by atoms with Gasteiger partial charge in [0.25, 0.3) is 0 Å². The molecule has 0 fully saturated rings. The van der Waals surface area contributed by atoms with E-state index in [1.54, 1.807) is 7.11 Å². The van der Waals surface area contributed by atoms with Crippen LogP contribution in [0.4, 0.5) is 5.13 Å². The second-order valence-corrected chi connectivity index (χ2v) is 5.50. The van der Waals surface area contributed by atoms with Crippen molar-refractivity contribution in [3.63, 3.8) is 0 Å². The smallest absolute Gasteiger partial charge is 0.225 e. The third kappa shape index (κ3) is 3.33. The molecule has 1 N–H and O–H groups in total. The van der Waals surface area contributed by atoms with E-state index >= 15 is 0 Å². The predicted molar refractivity (Wildman–Crippen MR) is 80.7 cm³/mol. The van der Waals surface area contributed by atoms with Crippen LogP contribution < -0.4 is 10.1 Å². The van der Waals surface area contributed by atoms with Gasteiger partial charge in [0.1, 0.15) is 5.75 Å². The summed E-state index contributed by atoms with van der Waals surface area (Å²) in [6, 6.07) is 5.76. The molecule has 0 aliphatic rings. The molecule has 1 heterocycles. The molecule has 0 unspecified atom stereocenters. The molecule has 1 aromatic heterocycles. The van der Waals surface area contributed by atoms with E-state index in [2.05, 4.69) is 26.2 Å². The number of carbonyl (C=O) groups is 1. The lowest BCUT2D eigenvalue weighted by molar-refractivity contribution is -0.115. The second-order valence-electron chi connectivity index (χ2n) is 3.79. The number of rotatable bonds is 4. The zero-order chi connectivity index (χ0) is 13.8. The number of hydrogen-bond acceptors (Lipinski definition) is 4. The van der Waals surface area contributed by atoms with Crippen LogP contribution in [0.1, 0.15) is 13.3 Å². The molecule has 1 aromatic carbocycles. The van der Waals surface area contributed by atoms with Crippen LogP contribution in [0.25, 0.3) is 11.3 Å². The molecule has 2 rings (SSSR count). The molecule has 100 valence electrons. The van der Waals surface area contributed by atoms with E-state index in [1.807, 2.05) is 30.5 Å². The Morgan fingerprint density at radius 2 is 2.32 bits per heavy atom. The highest BCUT2D eigenvalue weighted by Gasteiger charge is 2.08. The number of benzene rings is 1. The Morgan fingerprint density at radius 1 is 1.53 bits per heavy atom. The fraction of sp³-hybridized carbons (Fsp3) is 0.231. The Morgan fingerprint density at radius 3 is 2.95 bits per heavy atom. The topological polar surface area (TPSA) is 51.2 Å². The van der Waals surface area contributed by atoms with Crippen LogP contribution in [-0.4, -0.2) is 18.0 Å². The average Bonchev–Trinajstić information content (AvgIpc) is 2.87. The average molecular weight is 341 g/mol. The van der Waals surface area contributed by atoms with Gasteiger partial charge in [-0.3, -0.25) is 4.79 Å². The van der Waals surface area contributed by atoms with E-state index in [4.69, 9.17) is 4.74 Å². The lowest BCUT2D eigenvalue weighted by Crippen LogP contribution is -2.08. The number of amides is 1. The number of aromatic nitrogens is 1. The normalized spacial score (nSPS) is 10.3. The zero-order valence-corrected chi connectivity index (χ0v) is 13.0. The quantitative estimate of drug-likeness (QED) is 0.917. The highest BCUT2D eigenvalue weighted by atomic mass is 79.9. The summed E-state index contributed by atoms with van der Waals surface area (Å²) in [6.07, 6.45) is 0.447. The van der Waals surface area contributed by atoms with Crippen LogP contribution in [-0.2, 0) is 4.79 Å². The van der Waals surface area contributed by atoms with Gasteiger partial charge in [0.05, 0.1) is 17.3 Å². The number of hydrogen-bond donors (Lipinski definition) is 1. The van der Waals surface area contributed by atoms with Gasteiger partial charge in [-0.25, -0.2) is 4.98 Å². The number of thiazole rings is 1. The predicted octanol–water partition coefficient (Wildman–Crippen LogP) is 3.93. The fourth-order valence-electron chi connectivity index (χ4n) is 1.50. The molecule has 0 radical (unpaired) electrons. The Balaban J connectivity index is 2.23.